The van der Waals surface area contributed by atoms with Crippen LogP contribution >= 0.6 is 0 Å². The van der Waals surface area contributed by atoms with Gasteiger partial charge in [-0.3, -0.25) is 4.90 Å². The molecule has 0 fully saturated rings. The largest absolute Gasteiger partial charge is 0.493 e. The first kappa shape index (κ1) is 19.7. The van der Waals surface area contributed by atoms with Crippen LogP contribution in [0.25, 0.3) is 0 Å². The van der Waals surface area contributed by atoms with Crippen molar-refractivity contribution >= 4 is 0 Å². The maximum Gasteiger partial charge on any atom is 0.161 e. The van der Waals surface area contributed by atoms with Gasteiger partial charge in [0.15, 0.2) is 11.5 Å². The Morgan fingerprint density at radius 1 is 1.04 bits per heavy atom. The Morgan fingerprint density at radius 2 is 1.70 bits per heavy atom. The number of aliphatic hydroxyl groups is 1. The minimum atomic E-state index is -0.500. The van der Waals surface area contributed by atoms with Crippen molar-refractivity contribution in [3.63, 3.8) is 0 Å². The van der Waals surface area contributed by atoms with Crippen molar-refractivity contribution in [2.24, 2.45) is 0 Å². The SMILES string of the molecule is COc1ccc(CN(CC(O)COC(C)C)C(C)C)cc1OC. The molecule has 0 aliphatic rings. The van der Waals surface area contributed by atoms with Crippen LogP contribution in [0, 0.1) is 0 Å². The highest BCUT2D eigenvalue weighted by Crippen LogP contribution is 2.28. The van der Waals surface area contributed by atoms with Gasteiger partial charge in [-0.15, -0.1) is 0 Å². The lowest BCUT2D eigenvalue weighted by Gasteiger charge is -2.29. The fourth-order valence-corrected chi connectivity index (χ4v) is 2.30. The summed E-state index contributed by atoms with van der Waals surface area (Å²) in [6.07, 6.45) is -0.372. The first-order valence-electron chi connectivity index (χ1n) is 8.12. The predicted molar refractivity (Wildman–Crippen MR) is 92.2 cm³/mol. The molecule has 1 atom stereocenters. The average Bonchev–Trinajstić information content (AvgIpc) is 2.51. The molecule has 1 rings (SSSR count). The maximum atomic E-state index is 10.2. The summed E-state index contributed by atoms with van der Waals surface area (Å²) < 4.78 is 16.1. The van der Waals surface area contributed by atoms with E-state index in [4.69, 9.17) is 14.2 Å². The molecule has 0 aliphatic carbocycles. The van der Waals surface area contributed by atoms with Gasteiger partial charge < -0.3 is 19.3 Å². The van der Waals surface area contributed by atoms with Gasteiger partial charge in [0.1, 0.15) is 0 Å². The van der Waals surface area contributed by atoms with Gasteiger partial charge in [0.05, 0.1) is 33.0 Å². The highest BCUT2D eigenvalue weighted by atomic mass is 16.5. The molecular weight excluding hydrogens is 294 g/mol. The van der Waals surface area contributed by atoms with Gasteiger partial charge in [-0.2, -0.15) is 0 Å². The topological polar surface area (TPSA) is 51.2 Å². The van der Waals surface area contributed by atoms with Crippen LogP contribution in [0.2, 0.25) is 0 Å². The van der Waals surface area contributed by atoms with E-state index in [1.165, 1.54) is 0 Å². The van der Waals surface area contributed by atoms with E-state index in [1.54, 1.807) is 14.2 Å². The summed E-state index contributed by atoms with van der Waals surface area (Å²) in [7, 11) is 3.26. The molecular formula is C18H31NO4. The minimum Gasteiger partial charge on any atom is -0.493 e. The number of aliphatic hydroxyl groups excluding tert-OH is 1. The van der Waals surface area contributed by atoms with Crippen molar-refractivity contribution in [2.75, 3.05) is 27.4 Å². The molecule has 23 heavy (non-hydrogen) atoms. The number of hydrogen-bond acceptors (Lipinski definition) is 5. The number of methoxy groups -OCH3 is 2. The molecule has 5 nitrogen and oxygen atoms in total. The zero-order valence-corrected chi connectivity index (χ0v) is 15.2. The Balaban J connectivity index is 2.72. The minimum absolute atomic E-state index is 0.128. The summed E-state index contributed by atoms with van der Waals surface area (Å²) in [5.74, 6) is 1.44. The van der Waals surface area contributed by atoms with E-state index in [0.29, 0.717) is 19.2 Å². The second-order valence-corrected chi connectivity index (χ2v) is 6.25. The summed E-state index contributed by atoms with van der Waals surface area (Å²) >= 11 is 0. The van der Waals surface area contributed by atoms with Gasteiger partial charge in [-0.05, 0) is 45.4 Å². The van der Waals surface area contributed by atoms with E-state index in [2.05, 4.69) is 18.7 Å². The van der Waals surface area contributed by atoms with E-state index in [9.17, 15) is 5.11 Å². The van der Waals surface area contributed by atoms with Gasteiger partial charge in [0.2, 0.25) is 0 Å². The highest BCUT2D eigenvalue weighted by Gasteiger charge is 2.17. The number of benzene rings is 1. The third kappa shape index (κ3) is 6.77. The van der Waals surface area contributed by atoms with Gasteiger partial charge in [-0.1, -0.05) is 6.07 Å². The molecule has 0 spiro atoms. The molecule has 1 N–H and O–H groups in total. The van der Waals surface area contributed by atoms with Crippen molar-refractivity contribution in [2.45, 2.75) is 52.5 Å². The summed E-state index contributed by atoms with van der Waals surface area (Å²) in [4.78, 5) is 2.22. The number of ether oxygens (including phenoxy) is 3. The standard InChI is InChI=1S/C18H31NO4/c1-13(2)19(11-16(20)12-23-14(3)4)10-15-7-8-17(21-5)18(9-15)22-6/h7-9,13-14,16,20H,10-12H2,1-6H3. The van der Waals surface area contributed by atoms with Crippen LogP contribution in [-0.2, 0) is 11.3 Å². The van der Waals surface area contributed by atoms with Crippen molar-refractivity contribution in [1.82, 2.24) is 4.90 Å². The molecule has 5 heteroatoms. The van der Waals surface area contributed by atoms with Gasteiger partial charge >= 0.3 is 0 Å². The normalized spacial score (nSPS) is 13.0. The third-order valence-electron chi connectivity index (χ3n) is 3.63. The fraction of sp³-hybridized carbons (Fsp3) is 0.667. The molecule has 0 saturated carbocycles. The van der Waals surface area contributed by atoms with E-state index < -0.39 is 6.10 Å². The van der Waals surface area contributed by atoms with Crippen molar-refractivity contribution in [3.05, 3.63) is 23.8 Å². The molecule has 0 saturated heterocycles. The Morgan fingerprint density at radius 3 is 2.22 bits per heavy atom. The van der Waals surface area contributed by atoms with Crippen molar-refractivity contribution < 1.29 is 19.3 Å². The Hall–Kier alpha value is -1.30. The number of nitrogens with zero attached hydrogens (tertiary/aromatic N) is 1. The second-order valence-electron chi connectivity index (χ2n) is 6.25. The van der Waals surface area contributed by atoms with Gasteiger partial charge in [0.25, 0.3) is 0 Å². The van der Waals surface area contributed by atoms with E-state index in [-0.39, 0.29) is 6.10 Å². The highest BCUT2D eigenvalue weighted by molar-refractivity contribution is 5.42. The van der Waals surface area contributed by atoms with Crippen molar-refractivity contribution in [1.29, 1.82) is 0 Å². The van der Waals surface area contributed by atoms with Crippen LogP contribution in [0.3, 0.4) is 0 Å². The Bertz CT molecular complexity index is 462. The van der Waals surface area contributed by atoms with Crippen LogP contribution in [0.4, 0.5) is 0 Å². The van der Waals surface area contributed by atoms with E-state index >= 15 is 0 Å². The number of rotatable bonds is 10. The van der Waals surface area contributed by atoms with E-state index in [1.807, 2.05) is 32.0 Å². The third-order valence-corrected chi connectivity index (χ3v) is 3.63. The van der Waals surface area contributed by atoms with Gasteiger partial charge in [0, 0.05) is 19.1 Å². The van der Waals surface area contributed by atoms with Crippen LogP contribution in [0.5, 0.6) is 11.5 Å². The molecule has 0 amide bonds. The predicted octanol–water partition coefficient (Wildman–Crippen LogP) is 2.70. The molecule has 1 aromatic rings. The number of hydrogen-bond donors (Lipinski definition) is 1. The monoisotopic (exact) mass is 325 g/mol. The summed E-state index contributed by atoms with van der Waals surface area (Å²) in [5, 5.41) is 10.2. The molecule has 132 valence electrons. The molecule has 0 aromatic heterocycles. The average molecular weight is 325 g/mol. The summed E-state index contributed by atoms with van der Waals surface area (Å²) in [6, 6.07) is 6.22. The summed E-state index contributed by atoms with van der Waals surface area (Å²) in [5.41, 5.74) is 1.12. The molecule has 0 aliphatic heterocycles. The first-order chi connectivity index (χ1) is 10.9. The molecule has 1 unspecified atom stereocenters. The lowest BCUT2D eigenvalue weighted by molar-refractivity contribution is -0.0136. The van der Waals surface area contributed by atoms with Crippen LogP contribution < -0.4 is 9.47 Å². The zero-order valence-electron chi connectivity index (χ0n) is 15.2. The quantitative estimate of drug-likeness (QED) is 0.717. The molecule has 1 aromatic carbocycles. The van der Waals surface area contributed by atoms with Crippen LogP contribution in [0.1, 0.15) is 33.3 Å². The van der Waals surface area contributed by atoms with Gasteiger partial charge in [-0.25, -0.2) is 0 Å². The second kappa shape index (κ2) is 9.75. The fourth-order valence-electron chi connectivity index (χ4n) is 2.30. The first-order valence-corrected chi connectivity index (χ1v) is 8.12. The van der Waals surface area contributed by atoms with Crippen LogP contribution in [0.15, 0.2) is 18.2 Å². The smallest absolute Gasteiger partial charge is 0.161 e. The Kier molecular flexibility index (Phi) is 8.37. The lowest BCUT2D eigenvalue weighted by Crippen LogP contribution is -2.39. The molecule has 0 radical (unpaired) electrons. The Labute approximate surface area is 140 Å². The molecule has 0 bridgehead atoms. The maximum absolute atomic E-state index is 10.2. The zero-order chi connectivity index (χ0) is 17.4. The van der Waals surface area contributed by atoms with Crippen LogP contribution in [-0.4, -0.2) is 55.6 Å². The van der Waals surface area contributed by atoms with Crippen molar-refractivity contribution in [3.8, 4) is 11.5 Å². The lowest BCUT2D eigenvalue weighted by atomic mass is 10.1. The summed E-state index contributed by atoms with van der Waals surface area (Å²) in [6.45, 7) is 9.84. The van der Waals surface area contributed by atoms with E-state index in [0.717, 1.165) is 23.6 Å². The molecule has 0 heterocycles.